The Labute approximate surface area is 95.3 Å². The molecule has 6 heteroatoms. The molecule has 0 aliphatic carbocycles. The Morgan fingerprint density at radius 3 is 2.53 bits per heavy atom. The van der Waals surface area contributed by atoms with E-state index in [1.165, 1.54) is 6.20 Å². The summed E-state index contributed by atoms with van der Waals surface area (Å²) in [5, 5.41) is 2.45. The SMILES string of the molecule is O=C(Nc1cccnc1)c1cc(F)nc(F)c1. The Balaban J connectivity index is 2.20. The summed E-state index contributed by atoms with van der Waals surface area (Å²) in [4.78, 5) is 18.3. The minimum atomic E-state index is -1.04. The first-order valence-corrected chi connectivity index (χ1v) is 4.69. The first kappa shape index (κ1) is 11.1. The summed E-state index contributed by atoms with van der Waals surface area (Å²) in [7, 11) is 0. The molecule has 2 aromatic rings. The molecular weight excluding hydrogens is 228 g/mol. The summed E-state index contributed by atoms with van der Waals surface area (Å²) < 4.78 is 25.6. The molecule has 0 spiro atoms. The van der Waals surface area contributed by atoms with Gasteiger partial charge in [0, 0.05) is 23.9 Å². The van der Waals surface area contributed by atoms with Crippen LogP contribution in [0.1, 0.15) is 10.4 Å². The highest BCUT2D eigenvalue weighted by molar-refractivity contribution is 6.04. The third kappa shape index (κ3) is 2.81. The lowest BCUT2D eigenvalue weighted by molar-refractivity contribution is 0.102. The van der Waals surface area contributed by atoms with E-state index in [0.29, 0.717) is 5.69 Å². The van der Waals surface area contributed by atoms with Crippen LogP contribution in [0.15, 0.2) is 36.7 Å². The van der Waals surface area contributed by atoms with Crippen molar-refractivity contribution in [2.24, 2.45) is 0 Å². The fourth-order valence-electron chi connectivity index (χ4n) is 1.24. The van der Waals surface area contributed by atoms with Crippen LogP contribution in [0.25, 0.3) is 0 Å². The summed E-state index contributed by atoms with van der Waals surface area (Å²) in [5.41, 5.74) is 0.300. The predicted molar refractivity (Wildman–Crippen MR) is 56.3 cm³/mol. The number of halogens is 2. The number of pyridine rings is 2. The minimum absolute atomic E-state index is 0.140. The maximum atomic E-state index is 12.8. The lowest BCUT2D eigenvalue weighted by Crippen LogP contribution is -2.13. The molecule has 0 aromatic carbocycles. The minimum Gasteiger partial charge on any atom is -0.321 e. The molecule has 4 nitrogen and oxygen atoms in total. The van der Waals surface area contributed by atoms with Gasteiger partial charge in [0.05, 0.1) is 11.9 Å². The van der Waals surface area contributed by atoms with Gasteiger partial charge in [-0.15, -0.1) is 0 Å². The summed E-state index contributed by atoms with van der Waals surface area (Å²) in [6, 6.07) is 4.95. The molecule has 0 saturated heterocycles. The lowest BCUT2D eigenvalue weighted by Gasteiger charge is -2.04. The third-order valence-electron chi connectivity index (χ3n) is 1.94. The normalized spacial score (nSPS) is 10.0. The van der Waals surface area contributed by atoms with Gasteiger partial charge < -0.3 is 5.32 Å². The van der Waals surface area contributed by atoms with Crippen molar-refractivity contribution in [3.8, 4) is 0 Å². The van der Waals surface area contributed by atoms with Crippen LogP contribution < -0.4 is 5.32 Å². The van der Waals surface area contributed by atoms with Crippen molar-refractivity contribution in [2.45, 2.75) is 0 Å². The molecule has 17 heavy (non-hydrogen) atoms. The van der Waals surface area contributed by atoms with Crippen molar-refractivity contribution < 1.29 is 13.6 Å². The van der Waals surface area contributed by atoms with Crippen LogP contribution in [0.5, 0.6) is 0 Å². The summed E-state index contributed by atoms with van der Waals surface area (Å²) >= 11 is 0. The van der Waals surface area contributed by atoms with Crippen molar-refractivity contribution in [1.29, 1.82) is 0 Å². The lowest BCUT2D eigenvalue weighted by atomic mass is 10.2. The van der Waals surface area contributed by atoms with Crippen molar-refractivity contribution in [1.82, 2.24) is 9.97 Å². The number of hydrogen-bond acceptors (Lipinski definition) is 3. The van der Waals surface area contributed by atoms with E-state index in [1.807, 2.05) is 0 Å². The smallest absolute Gasteiger partial charge is 0.256 e. The van der Waals surface area contributed by atoms with Crippen LogP contribution >= 0.6 is 0 Å². The van der Waals surface area contributed by atoms with Gasteiger partial charge in [0.15, 0.2) is 0 Å². The maximum absolute atomic E-state index is 12.8. The number of anilines is 1. The van der Waals surface area contributed by atoms with Gasteiger partial charge in [-0.2, -0.15) is 13.8 Å². The van der Waals surface area contributed by atoms with Gasteiger partial charge >= 0.3 is 0 Å². The summed E-state index contributed by atoms with van der Waals surface area (Å²) in [6.07, 6.45) is 2.97. The number of nitrogens with one attached hydrogen (secondary N) is 1. The highest BCUT2D eigenvalue weighted by Crippen LogP contribution is 2.09. The first-order chi connectivity index (χ1) is 8.15. The van der Waals surface area contributed by atoms with Crippen LogP contribution in [-0.2, 0) is 0 Å². The molecule has 0 aliphatic rings. The highest BCUT2D eigenvalue weighted by atomic mass is 19.1. The Morgan fingerprint density at radius 1 is 1.24 bits per heavy atom. The van der Waals surface area contributed by atoms with Crippen molar-refractivity contribution in [2.75, 3.05) is 5.32 Å². The van der Waals surface area contributed by atoms with E-state index in [2.05, 4.69) is 15.3 Å². The zero-order chi connectivity index (χ0) is 12.3. The largest absolute Gasteiger partial charge is 0.321 e. The van der Waals surface area contributed by atoms with Gasteiger partial charge in [-0.25, -0.2) is 0 Å². The fourth-order valence-corrected chi connectivity index (χ4v) is 1.24. The van der Waals surface area contributed by atoms with E-state index in [-0.39, 0.29) is 5.56 Å². The van der Waals surface area contributed by atoms with Gasteiger partial charge in [-0.05, 0) is 12.1 Å². The molecule has 0 bridgehead atoms. The van der Waals surface area contributed by atoms with E-state index in [4.69, 9.17) is 0 Å². The van der Waals surface area contributed by atoms with Crippen LogP contribution in [0, 0.1) is 11.9 Å². The summed E-state index contributed by atoms with van der Waals surface area (Å²) in [5.74, 6) is -2.71. The van der Waals surface area contributed by atoms with Gasteiger partial charge in [-0.1, -0.05) is 0 Å². The van der Waals surface area contributed by atoms with Crippen LogP contribution in [0.4, 0.5) is 14.5 Å². The second-order valence-corrected chi connectivity index (χ2v) is 3.20. The Hall–Kier alpha value is -2.37. The molecule has 1 N–H and O–H groups in total. The number of carbonyl (C=O) groups excluding carboxylic acids is 1. The first-order valence-electron chi connectivity index (χ1n) is 4.69. The molecule has 1 amide bonds. The Bertz CT molecular complexity index is 525. The molecule has 0 atom stereocenters. The van der Waals surface area contributed by atoms with Crippen molar-refractivity contribution in [3.05, 3.63) is 54.1 Å². The number of rotatable bonds is 2. The molecular formula is C11H7F2N3O. The maximum Gasteiger partial charge on any atom is 0.256 e. The fraction of sp³-hybridized carbons (Fsp3) is 0. The Morgan fingerprint density at radius 2 is 1.94 bits per heavy atom. The van der Waals surface area contributed by atoms with Crippen molar-refractivity contribution in [3.63, 3.8) is 0 Å². The average Bonchev–Trinajstić information content (AvgIpc) is 2.29. The molecule has 0 aliphatic heterocycles. The summed E-state index contributed by atoms with van der Waals surface area (Å²) in [6.45, 7) is 0. The molecule has 0 unspecified atom stereocenters. The molecule has 0 radical (unpaired) electrons. The average molecular weight is 235 g/mol. The van der Waals surface area contributed by atoms with E-state index in [1.54, 1.807) is 18.3 Å². The van der Waals surface area contributed by atoms with Gasteiger partial charge in [0.1, 0.15) is 0 Å². The number of nitrogens with zero attached hydrogens (tertiary/aromatic N) is 2. The van der Waals surface area contributed by atoms with Gasteiger partial charge in [0.2, 0.25) is 11.9 Å². The predicted octanol–water partition coefficient (Wildman–Crippen LogP) is 2.01. The topological polar surface area (TPSA) is 54.9 Å². The van der Waals surface area contributed by atoms with Crippen LogP contribution in [0.2, 0.25) is 0 Å². The quantitative estimate of drug-likeness (QED) is 0.810. The van der Waals surface area contributed by atoms with E-state index in [0.717, 1.165) is 12.1 Å². The zero-order valence-electron chi connectivity index (χ0n) is 8.52. The zero-order valence-corrected chi connectivity index (χ0v) is 8.52. The monoisotopic (exact) mass is 235 g/mol. The van der Waals surface area contributed by atoms with Gasteiger partial charge in [-0.3, -0.25) is 9.78 Å². The van der Waals surface area contributed by atoms with E-state index < -0.39 is 17.8 Å². The molecule has 2 heterocycles. The van der Waals surface area contributed by atoms with Crippen LogP contribution in [-0.4, -0.2) is 15.9 Å². The number of aromatic nitrogens is 2. The molecule has 2 rings (SSSR count). The van der Waals surface area contributed by atoms with Crippen molar-refractivity contribution >= 4 is 11.6 Å². The second kappa shape index (κ2) is 4.65. The highest BCUT2D eigenvalue weighted by Gasteiger charge is 2.10. The second-order valence-electron chi connectivity index (χ2n) is 3.20. The molecule has 0 saturated carbocycles. The number of hydrogen-bond donors (Lipinski definition) is 1. The molecule has 2 aromatic heterocycles. The van der Waals surface area contributed by atoms with E-state index >= 15 is 0 Å². The standard InChI is InChI=1S/C11H7F2N3O/c12-9-4-7(5-10(13)16-9)11(17)15-8-2-1-3-14-6-8/h1-6H,(H,15,17). The number of amides is 1. The number of carbonyl (C=O) groups is 1. The molecule has 0 fully saturated rings. The van der Waals surface area contributed by atoms with Crippen LogP contribution in [0.3, 0.4) is 0 Å². The van der Waals surface area contributed by atoms with E-state index in [9.17, 15) is 13.6 Å². The van der Waals surface area contributed by atoms with Gasteiger partial charge in [0.25, 0.3) is 5.91 Å². The Kier molecular flexibility index (Phi) is 3.04. The molecule has 86 valence electrons. The third-order valence-corrected chi connectivity index (χ3v) is 1.94.